The predicted molar refractivity (Wildman–Crippen MR) is 77.0 cm³/mol. The topological polar surface area (TPSA) is 35.5 Å². The zero-order valence-electron chi connectivity index (χ0n) is 12.1. The molecule has 0 N–H and O–H groups in total. The van der Waals surface area contributed by atoms with Gasteiger partial charge >= 0.3 is 0 Å². The number of benzene rings is 1. The largest absolute Gasteiger partial charge is 0.490 e. The highest BCUT2D eigenvalue weighted by Gasteiger charge is 2.43. The number of carbonyl (C=O) groups excluding carboxylic acids is 1. The van der Waals surface area contributed by atoms with Gasteiger partial charge in [-0.15, -0.1) is 0 Å². The zero-order chi connectivity index (χ0) is 14.0. The van der Waals surface area contributed by atoms with Gasteiger partial charge in [0.15, 0.2) is 0 Å². The van der Waals surface area contributed by atoms with Gasteiger partial charge in [-0.25, -0.2) is 0 Å². The van der Waals surface area contributed by atoms with E-state index in [1.54, 1.807) is 6.92 Å². The molecule has 0 amide bonds. The molecule has 20 heavy (non-hydrogen) atoms. The molecule has 2 fully saturated rings. The van der Waals surface area contributed by atoms with E-state index in [2.05, 4.69) is 0 Å². The number of hydrogen-bond acceptors (Lipinski definition) is 3. The molecule has 1 heterocycles. The van der Waals surface area contributed by atoms with Crippen molar-refractivity contribution >= 4 is 5.78 Å². The van der Waals surface area contributed by atoms with Gasteiger partial charge in [-0.1, -0.05) is 12.1 Å². The average Bonchev–Trinajstić information content (AvgIpc) is 2.39. The van der Waals surface area contributed by atoms with Crippen LogP contribution >= 0.6 is 0 Å². The van der Waals surface area contributed by atoms with Crippen molar-refractivity contribution in [2.45, 2.75) is 57.2 Å². The second kappa shape index (κ2) is 5.57. The number of ether oxygens (including phenoxy) is 2. The maximum Gasteiger partial charge on any atom is 0.134 e. The Bertz CT molecular complexity index is 474. The van der Waals surface area contributed by atoms with E-state index in [0.29, 0.717) is 6.42 Å². The summed E-state index contributed by atoms with van der Waals surface area (Å²) in [7, 11) is 0. The lowest BCUT2D eigenvalue weighted by Crippen LogP contribution is -2.48. The van der Waals surface area contributed by atoms with Crippen LogP contribution in [0.2, 0.25) is 0 Å². The number of carbonyl (C=O) groups is 1. The fourth-order valence-electron chi connectivity index (χ4n) is 3.17. The van der Waals surface area contributed by atoms with Crippen LogP contribution in [0.5, 0.6) is 5.75 Å². The molecule has 1 saturated carbocycles. The van der Waals surface area contributed by atoms with Gasteiger partial charge in [0.2, 0.25) is 0 Å². The van der Waals surface area contributed by atoms with Gasteiger partial charge in [0.25, 0.3) is 0 Å². The average molecular weight is 274 g/mol. The Morgan fingerprint density at radius 1 is 1.35 bits per heavy atom. The predicted octanol–water partition coefficient (Wildman–Crippen LogP) is 3.30. The fraction of sp³-hybridized carbons (Fsp3) is 0.588. The van der Waals surface area contributed by atoms with Crippen molar-refractivity contribution in [3.63, 3.8) is 0 Å². The third-order valence-electron chi connectivity index (χ3n) is 4.39. The van der Waals surface area contributed by atoms with Crippen molar-refractivity contribution < 1.29 is 14.3 Å². The molecule has 3 heteroatoms. The molecule has 2 aliphatic rings. The molecule has 1 aliphatic carbocycles. The summed E-state index contributed by atoms with van der Waals surface area (Å²) < 4.78 is 12.0. The molecule has 3 nitrogen and oxygen atoms in total. The monoisotopic (exact) mass is 274 g/mol. The molecule has 1 aromatic carbocycles. The first-order chi connectivity index (χ1) is 9.65. The van der Waals surface area contributed by atoms with E-state index in [1.165, 1.54) is 19.3 Å². The highest BCUT2D eigenvalue weighted by Crippen LogP contribution is 2.43. The Morgan fingerprint density at radius 2 is 2.10 bits per heavy atom. The first-order valence-electron chi connectivity index (χ1n) is 7.54. The van der Waals surface area contributed by atoms with Crippen molar-refractivity contribution in [3.05, 3.63) is 29.8 Å². The van der Waals surface area contributed by atoms with Crippen molar-refractivity contribution in [2.24, 2.45) is 0 Å². The summed E-state index contributed by atoms with van der Waals surface area (Å²) in [5.74, 6) is 1.09. The maximum atomic E-state index is 11.1. The molecule has 1 saturated heterocycles. The number of hydrogen-bond donors (Lipinski definition) is 0. The standard InChI is InChI=1S/C17H22O3/c1-13(18)11-14-3-5-15(6-4-14)20-16-7-10-19-17(12-16)8-2-9-17/h3-6,16H,2,7-12H2,1H3. The maximum absolute atomic E-state index is 11.1. The lowest BCUT2D eigenvalue weighted by Gasteiger charge is -2.46. The smallest absolute Gasteiger partial charge is 0.134 e. The Kier molecular flexibility index (Phi) is 3.79. The van der Waals surface area contributed by atoms with Crippen LogP contribution in [0.15, 0.2) is 24.3 Å². The van der Waals surface area contributed by atoms with Crippen LogP contribution in [0, 0.1) is 0 Å². The Balaban J connectivity index is 1.58. The first-order valence-corrected chi connectivity index (χ1v) is 7.54. The molecule has 1 unspecified atom stereocenters. The van der Waals surface area contributed by atoms with Crippen LogP contribution in [-0.2, 0) is 16.0 Å². The summed E-state index contributed by atoms with van der Waals surface area (Å²) in [6.07, 6.45) is 6.41. The fourth-order valence-corrected chi connectivity index (χ4v) is 3.17. The van der Waals surface area contributed by atoms with E-state index in [-0.39, 0.29) is 17.5 Å². The third-order valence-corrected chi connectivity index (χ3v) is 4.39. The molecule has 108 valence electrons. The summed E-state index contributed by atoms with van der Waals surface area (Å²) in [6, 6.07) is 7.91. The molecular formula is C17H22O3. The van der Waals surface area contributed by atoms with E-state index in [9.17, 15) is 4.79 Å². The van der Waals surface area contributed by atoms with Gasteiger partial charge in [0.05, 0.1) is 12.2 Å². The normalized spacial score (nSPS) is 24.1. The van der Waals surface area contributed by atoms with E-state index < -0.39 is 0 Å². The molecule has 1 atom stereocenters. The molecule has 1 aliphatic heterocycles. The third kappa shape index (κ3) is 3.04. The number of rotatable bonds is 4. The summed E-state index contributed by atoms with van der Waals surface area (Å²) in [6.45, 7) is 2.43. The van der Waals surface area contributed by atoms with Crippen LogP contribution in [-0.4, -0.2) is 24.1 Å². The molecule has 3 rings (SSSR count). The van der Waals surface area contributed by atoms with Crippen LogP contribution in [0.4, 0.5) is 0 Å². The number of Topliss-reactive ketones (excluding diaryl/α,β-unsaturated/α-hetero) is 1. The Labute approximate surface area is 120 Å². The van der Waals surface area contributed by atoms with Crippen molar-refractivity contribution in [1.82, 2.24) is 0 Å². The van der Waals surface area contributed by atoms with Crippen LogP contribution in [0.3, 0.4) is 0 Å². The van der Waals surface area contributed by atoms with Gasteiger partial charge in [-0.3, -0.25) is 4.79 Å². The molecule has 0 bridgehead atoms. The molecule has 1 spiro atoms. The van der Waals surface area contributed by atoms with E-state index >= 15 is 0 Å². The molecular weight excluding hydrogens is 252 g/mol. The minimum Gasteiger partial charge on any atom is -0.490 e. The van der Waals surface area contributed by atoms with Gasteiger partial charge in [0, 0.05) is 19.3 Å². The van der Waals surface area contributed by atoms with E-state index in [1.807, 2.05) is 24.3 Å². The quantitative estimate of drug-likeness (QED) is 0.845. The molecule has 0 aromatic heterocycles. The minimum atomic E-state index is 0.123. The SMILES string of the molecule is CC(=O)Cc1ccc(OC2CCOC3(CCC3)C2)cc1. The second-order valence-corrected chi connectivity index (χ2v) is 6.14. The van der Waals surface area contributed by atoms with Crippen molar-refractivity contribution in [3.8, 4) is 5.75 Å². The molecule has 1 aromatic rings. The minimum absolute atomic E-state index is 0.123. The van der Waals surface area contributed by atoms with Crippen LogP contribution in [0.1, 0.15) is 44.6 Å². The summed E-state index contributed by atoms with van der Waals surface area (Å²) in [5, 5.41) is 0. The van der Waals surface area contributed by atoms with Gasteiger partial charge < -0.3 is 9.47 Å². The van der Waals surface area contributed by atoms with E-state index in [0.717, 1.165) is 30.8 Å². The van der Waals surface area contributed by atoms with Crippen LogP contribution in [0.25, 0.3) is 0 Å². The van der Waals surface area contributed by atoms with Crippen LogP contribution < -0.4 is 4.74 Å². The second-order valence-electron chi connectivity index (χ2n) is 6.14. The number of ketones is 1. The van der Waals surface area contributed by atoms with Gasteiger partial charge in [0.1, 0.15) is 17.6 Å². The van der Waals surface area contributed by atoms with Gasteiger partial charge in [-0.05, 0) is 43.9 Å². The van der Waals surface area contributed by atoms with E-state index in [4.69, 9.17) is 9.47 Å². The van der Waals surface area contributed by atoms with Crippen molar-refractivity contribution in [2.75, 3.05) is 6.61 Å². The van der Waals surface area contributed by atoms with Gasteiger partial charge in [-0.2, -0.15) is 0 Å². The highest BCUT2D eigenvalue weighted by atomic mass is 16.5. The van der Waals surface area contributed by atoms with Crippen molar-refractivity contribution in [1.29, 1.82) is 0 Å². The summed E-state index contributed by atoms with van der Waals surface area (Å²) >= 11 is 0. The molecule has 0 radical (unpaired) electrons. The first kappa shape index (κ1) is 13.6. The summed E-state index contributed by atoms with van der Waals surface area (Å²) in [4.78, 5) is 11.1. The Morgan fingerprint density at radius 3 is 2.70 bits per heavy atom. The highest BCUT2D eigenvalue weighted by molar-refractivity contribution is 5.78. The lowest BCUT2D eigenvalue weighted by atomic mass is 9.74. The zero-order valence-corrected chi connectivity index (χ0v) is 12.1. The summed E-state index contributed by atoms with van der Waals surface area (Å²) in [5.41, 5.74) is 1.17. The lowest BCUT2D eigenvalue weighted by molar-refractivity contribution is -0.153. The Hall–Kier alpha value is -1.35.